The lowest BCUT2D eigenvalue weighted by molar-refractivity contribution is 0.143. The summed E-state index contributed by atoms with van der Waals surface area (Å²) >= 11 is 1.87. The van der Waals surface area contributed by atoms with Gasteiger partial charge in [0.1, 0.15) is 0 Å². The molecule has 0 radical (unpaired) electrons. The summed E-state index contributed by atoms with van der Waals surface area (Å²) in [5.74, 6) is 0.872. The molecule has 124 valence electrons. The Balaban J connectivity index is 2.15. The van der Waals surface area contributed by atoms with Crippen molar-refractivity contribution in [3.05, 3.63) is 30.3 Å². The van der Waals surface area contributed by atoms with Gasteiger partial charge in [0.2, 0.25) is 0 Å². The second-order valence-corrected chi connectivity index (χ2v) is 6.54. The number of hydrogen-bond donors (Lipinski definition) is 2. The molecule has 0 amide bonds. The molecule has 1 aromatic carbocycles. The lowest BCUT2D eigenvalue weighted by Crippen LogP contribution is -2.40. The summed E-state index contributed by atoms with van der Waals surface area (Å²) in [6.45, 7) is 7.70. The maximum atomic E-state index is 5.33. The lowest BCUT2D eigenvalue weighted by Gasteiger charge is -2.16. The Hall–Kier alpha value is -1.20. The van der Waals surface area contributed by atoms with Crippen LogP contribution in [-0.2, 0) is 4.74 Å². The van der Waals surface area contributed by atoms with E-state index in [2.05, 4.69) is 46.8 Å². The van der Waals surface area contributed by atoms with Crippen molar-refractivity contribution in [1.29, 1.82) is 0 Å². The van der Waals surface area contributed by atoms with E-state index >= 15 is 0 Å². The lowest BCUT2D eigenvalue weighted by atomic mass is 10.3. The van der Waals surface area contributed by atoms with Crippen molar-refractivity contribution in [2.24, 2.45) is 4.99 Å². The van der Waals surface area contributed by atoms with E-state index in [4.69, 9.17) is 4.74 Å². The first kappa shape index (κ1) is 18.8. The zero-order valence-corrected chi connectivity index (χ0v) is 14.8. The Morgan fingerprint density at radius 2 is 2.00 bits per heavy atom. The van der Waals surface area contributed by atoms with Crippen LogP contribution in [0.5, 0.6) is 0 Å². The van der Waals surface area contributed by atoms with E-state index in [0.717, 1.165) is 45.1 Å². The Morgan fingerprint density at radius 3 is 2.68 bits per heavy atom. The van der Waals surface area contributed by atoms with Crippen LogP contribution in [0.3, 0.4) is 0 Å². The normalized spacial score (nSPS) is 13.0. The number of hydrogen-bond acceptors (Lipinski definition) is 3. The number of guanidine groups is 1. The molecule has 1 atom stereocenters. The molecule has 0 heterocycles. The highest BCUT2D eigenvalue weighted by Crippen LogP contribution is 2.21. The molecule has 1 aromatic rings. The minimum atomic E-state index is 0.485. The number of nitrogens with one attached hydrogen (secondary N) is 2. The van der Waals surface area contributed by atoms with Gasteiger partial charge in [-0.15, -0.1) is 11.8 Å². The minimum absolute atomic E-state index is 0.485. The third-order valence-corrected chi connectivity index (χ3v) is 4.19. The Kier molecular flexibility index (Phi) is 10.6. The molecule has 1 unspecified atom stereocenters. The summed E-state index contributed by atoms with van der Waals surface area (Å²) < 4.78 is 5.33. The van der Waals surface area contributed by atoms with Crippen LogP contribution in [-0.4, -0.2) is 44.6 Å². The van der Waals surface area contributed by atoms with Crippen molar-refractivity contribution >= 4 is 17.7 Å². The summed E-state index contributed by atoms with van der Waals surface area (Å²) in [4.78, 5) is 5.56. The first-order valence-corrected chi connectivity index (χ1v) is 8.88. The predicted octanol–water partition coefficient (Wildman–Crippen LogP) is 3.15. The average Bonchev–Trinajstić information content (AvgIpc) is 2.54. The molecule has 5 heteroatoms. The van der Waals surface area contributed by atoms with Crippen molar-refractivity contribution in [2.45, 2.75) is 36.8 Å². The van der Waals surface area contributed by atoms with Crippen LogP contribution in [0.2, 0.25) is 0 Å². The van der Waals surface area contributed by atoms with Crippen molar-refractivity contribution in [3.8, 4) is 0 Å². The fraction of sp³-hybridized carbons (Fsp3) is 0.588. The van der Waals surface area contributed by atoms with E-state index in [1.807, 2.05) is 31.8 Å². The number of benzene rings is 1. The summed E-state index contributed by atoms with van der Waals surface area (Å²) in [7, 11) is 1.81. The molecule has 4 nitrogen and oxygen atoms in total. The van der Waals surface area contributed by atoms with Crippen molar-refractivity contribution in [1.82, 2.24) is 10.6 Å². The maximum Gasteiger partial charge on any atom is 0.191 e. The molecule has 0 aliphatic carbocycles. The van der Waals surface area contributed by atoms with Gasteiger partial charge in [-0.25, -0.2) is 0 Å². The number of unbranched alkanes of at least 4 members (excludes halogenated alkanes) is 1. The van der Waals surface area contributed by atoms with Crippen LogP contribution < -0.4 is 10.6 Å². The van der Waals surface area contributed by atoms with Crippen LogP contribution in [0.4, 0.5) is 0 Å². The number of thioether (sulfide) groups is 1. The average molecular weight is 324 g/mol. The SMILES string of the molecule is CCOCCCCNC(=NC)NCC(C)Sc1ccccc1. The molecule has 0 aliphatic heterocycles. The fourth-order valence-corrected chi connectivity index (χ4v) is 2.86. The molecule has 0 aliphatic rings. The van der Waals surface area contributed by atoms with Gasteiger partial charge in [0, 0.05) is 43.5 Å². The van der Waals surface area contributed by atoms with Crippen molar-refractivity contribution in [2.75, 3.05) is 33.4 Å². The van der Waals surface area contributed by atoms with E-state index < -0.39 is 0 Å². The monoisotopic (exact) mass is 323 g/mol. The molecule has 22 heavy (non-hydrogen) atoms. The number of rotatable bonds is 10. The van der Waals surface area contributed by atoms with E-state index in [1.54, 1.807) is 0 Å². The standard InChI is InChI=1S/C17H29N3OS/c1-4-21-13-9-8-12-19-17(18-3)20-14-15(2)22-16-10-6-5-7-11-16/h5-7,10-11,15H,4,8-9,12-14H2,1-3H3,(H2,18,19,20). The van der Waals surface area contributed by atoms with E-state index in [-0.39, 0.29) is 0 Å². The van der Waals surface area contributed by atoms with Gasteiger partial charge >= 0.3 is 0 Å². The third-order valence-electron chi connectivity index (χ3n) is 3.07. The van der Waals surface area contributed by atoms with Crippen LogP contribution >= 0.6 is 11.8 Å². The second kappa shape index (κ2) is 12.4. The second-order valence-electron chi connectivity index (χ2n) is 5.03. The molecule has 0 bridgehead atoms. The minimum Gasteiger partial charge on any atom is -0.382 e. The highest BCUT2D eigenvalue weighted by atomic mass is 32.2. The van der Waals surface area contributed by atoms with Crippen LogP contribution in [0, 0.1) is 0 Å². The van der Waals surface area contributed by atoms with E-state index in [1.165, 1.54) is 4.90 Å². The van der Waals surface area contributed by atoms with E-state index in [0.29, 0.717) is 5.25 Å². The van der Waals surface area contributed by atoms with Gasteiger partial charge in [0.15, 0.2) is 5.96 Å². The largest absolute Gasteiger partial charge is 0.382 e. The van der Waals surface area contributed by atoms with Crippen molar-refractivity contribution in [3.63, 3.8) is 0 Å². The Morgan fingerprint density at radius 1 is 1.23 bits per heavy atom. The Labute approximate surface area is 139 Å². The predicted molar refractivity (Wildman–Crippen MR) is 96.9 cm³/mol. The number of aliphatic imine (C=N–C) groups is 1. The van der Waals surface area contributed by atoms with Crippen LogP contribution in [0.1, 0.15) is 26.7 Å². The van der Waals surface area contributed by atoms with Gasteiger partial charge < -0.3 is 15.4 Å². The highest BCUT2D eigenvalue weighted by Gasteiger charge is 2.05. The quantitative estimate of drug-likeness (QED) is 0.300. The topological polar surface area (TPSA) is 45.6 Å². The molecule has 0 saturated heterocycles. The van der Waals surface area contributed by atoms with Gasteiger partial charge in [-0.05, 0) is 31.9 Å². The first-order valence-electron chi connectivity index (χ1n) is 8.00. The fourth-order valence-electron chi connectivity index (χ4n) is 1.91. The maximum absolute atomic E-state index is 5.33. The van der Waals surface area contributed by atoms with Crippen molar-refractivity contribution < 1.29 is 4.74 Å². The molecule has 1 rings (SSSR count). The van der Waals surface area contributed by atoms with Gasteiger partial charge in [0.25, 0.3) is 0 Å². The molecule has 0 aromatic heterocycles. The van der Waals surface area contributed by atoms with Crippen LogP contribution in [0.15, 0.2) is 40.2 Å². The zero-order valence-electron chi connectivity index (χ0n) is 14.0. The van der Waals surface area contributed by atoms with E-state index in [9.17, 15) is 0 Å². The summed E-state index contributed by atoms with van der Waals surface area (Å²) in [5, 5.41) is 7.20. The third kappa shape index (κ3) is 8.95. The summed E-state index contributed by atoms with van der Waals surface area (Å²) in [6, 6.07) is 10.5. The molecule has 0 saturated carbocycles. The first-order chi connectivity index (χ1) is 10.8. The molecule has 2 N–H and O–H groups in total. The molecular formula is C17H29N3OS. The molecular weight excluding hydrogens is 294 g/mol. The molecule has 0 fully saturated rings. The number of ether oxygens (including phenoxy) is 1. The van der Waals surface area contributed by atoms with Gasteiger partial charge in [0.05, 0.1) is 0 Å². The Bertz CT molecular complexity index is 412. The summed E-state index contributed by atoms with van der Waals surface area (Å²) in [5.41, 5.74) is 0. The van der Waals surface area contributed by atoms with Gasteiger partial charge in [-0.2, -0.15) is 0 Å². The van der Waals surface area contributed by atoms with Gasteiger partial charge in [-0.1, -0.05) is 25.1 Å². The number of nitrogens with zero attached hydrogens (tertiary/aromatic N) is 1. The molecule has 0 spiro atoms. The highest BCUT2D eigenvalue weighted by molar-refractivity contribution is 8.00. The summed E-state index contributed by atoms with van der Waals surface area (Å²) in [6.07, 6.45) is 2.17. The van der Waals surface area contributed by atoms with Gasteiger partial charge in [-0.3, -0.25) is 4.99 Å². The zero-order chi connectivity index (χ0) is 16.0. The van der Waals surface area contributed by atoms with Crippen LogP contribution in [0.25, 0.3) is 0 Å². The smallest absolute Gasteiger partial charge is 0.191 e.